The van der Waals surface area contributed by atoms with Crippen molar-refractivity contribution in [2.24, 2.45) is 11.8 Å². The van der Waals surface area contributed by atoms with Crippen molar-refractivity contribution >= 4 is 5.91 Å². The number of likely N-dealkylation sites (tertiary alicyclic amines) is 1. The van der Waals surface area contributed by atoms with Gasteiger partial charge in [-0.1, -0.05) is 19.9 Å². The second-order valence-corrected chi connectivity index (χ2v) is 5.92. The minimum atomic E-state index is 0.0616. The van der Waals surface area contributed by atoms with Crippen LogP contribution < -0.4 is 0 Å². The number of nitriles is 1. The lowest BCUT2D eigenvalue weighted by Crippen LogP contribution is -2.32. The van der Waals surface area contributed by atoms with Crippen molar-refractivity contribution in [2.45, 2.75) is 33.1 Å². The van der Waals surface area contributed by atoms with Crippen LogP contribution >= 0.6 is 0 Å². The highest BCUT2D eigenvalue weighted by atomic mass is 16.2. The Morgan fingerprint density at radius 2 is 2.15 bits per heavy atom. The Morgan fingerprint density at radius 1 is 1.35 bits per heavy atom. The normalized spacial score (nSPS) is 19.5. The van der Waals surface area contributed by atoms with Gasteiger partial charge in [-0.05, 0) is 49.3 Å². The Labute approximate surface area is 121 Å². The maximum atomic E-state index is 12.5. The van der Waals surface area contributed by atoms with E-state index >= 15 is 0 Å². The second kappa shape index (κ2) is 6.56. The van der Waals surface area contributed by atoms with E-state index in [1.807, 2.05) is 4.90 Å². The molecule has 3 heteroatoms. The van der Waals surface area contributed by atoms with Crippen molar-refractivity contribution in [3.63, 3.8) is 0 Å². The molecule has 20 heavy (non-hydrogen) atoms. The third-order valence-electron chi connectivity index (χ3n) is 4.24. The standard InChI is InChI=1S/C17H22N2O/c1-13(2)15-7-4-9-19(10-8-15)17(20)16-6-3-5-14(11-16)12-18/h3,5-6,11,13,15H,4,7-10H2,1-2H3. The van der Waals surface area contributed by atoms with Gasteiger partial charge in [0, 0.05) is 18.7 Å². The number of amides is 1. The molecule has 1 heterocycles. The molecule has 3 nitrogen and oxygen atoms in total. The molecule has 1 aromatic rings. The van der Waals surface area contributed by atoms with Crippen LogP contribution in [0.4, 0.5) is 0 Å². The first-order valence-corrected chi connectivity index (χ1v) is 7.41. The van der Waals surface area contributed by atoms with Crippen LogP contribution in [0.3, 0.4) is 0 Å². The van der Waals surface area contributed by atoms with E-state index in [2.05, 4.69) is 19.9 Å². The summed E-state index contributed by atoms with van der Waals surface area (Å²) < 4.78 is 0. The third kappa shape index (κ3) is 3.39. The van der Waals surface area contributed by atoms with E-state index in [9.17, 15) is 4.79 Å². The summed E-state index contributed by atoms with van der Waals surface area (Å²) in [6.07, 6.45) is 3.37. The molecule has 1 fully saturated rings. The second-order valence-electron chi connectivity index (χ2n) is 5.92. The summed E-state index contributed by atoms with van der Waals surface area (Å²) in [7, 11) is 0. The van der Waals surface area contributed by atoms with Crippen molar-refractivity contribution in [1.29, 1.82) is 5.26 Å². The zero-order valence-electron chi connectivity index (χ0n) is 12.3. The summed E-state index contributed by atoms with van der Waals surface area (Å²) in [6, 6.07) is 9.08. The minimum Gasteiger partial charge on any atom is -0.339 e. The lowest BCUT2D eigenvalue weighted by molar-refractivity contribution is 0.0759. The summed E-state index contributed by atoms with van der Waals surface area (Å²) in [5.41, 5.74) is 1.18. The highest BCUT2D eigenvalue weighted by Crippen LogP contribution is 2.25. The fourth-order valence-electron chi connectivity index (χ4n) is 2.90. The molecule has 0 aliphatic carbocycles. The summed E-state index contributed by atoms with van der Waals surface area (Å²) in [5, 5.41) is 8.92. The molecule has 1 aliphatic heterocycles. The number of rotatable bonds is 2. The number of benzene rings is 1. The molecule has 1 amide bonds. The Balaban J connectivity index is 2.07. The molecule has 2 rings (SSSR count). The summed E-state index contributed by atoms with van der Waals surface area (Å²) in [6.45, 7) is 6.19. The van der Waals surface area contributed by atoms with E-state index in [0.29, 0.717) is 17.0 Å². The van der Waals surface area contributed by atoms with Gasteiger partial charge in [0.15, 0.2) is 0 Å². The SMILES string of the molecule is CC(C)C1CCCN(C(=O)c2cccc(C#N)c2)CC1. The van der Waals surface area contributed by atoms with E-state index in [-0.39, 0.29) is 5.91 Å². The van der Waals surface area contributed by atoms with Gasteiger partial charge in [0.25, 0.3) is 5.91 Å². The van der Waals surface area contributed by atoms with E-state index in [1.54, 1.807) is 24.3 Å². The van der Waals surface area contributed by atoms with Gasteiger partial charge >= 0.3 is 0 Å². The minimum absolute atomic E-state index is 0.0616. The predicted octanol–water partition coefficient (Wildman–Crippen LogP) is 3.46. The first-order valence-electron chi connectivity index (χ1n) is 7.41. The van der Waals surface area contributed by atoms with Crippen molar-refractivity contribution in [2.75, 3.05) is 13.1 Å². The topological polar surface area (TPSA) is 44.1 Å². The van der Waals surface area contributed by atoms with Crippen LogP contribution in [0.5, 0.6) is 0 Å². The fourth-order valence-corrected chi connectivity index (χ4v) is 2.90. The Hall–Kier alpha value is -1.82. The Bertz CT molecular complexity index is 516. The van der Waals surface area contributed by atoms with Gasteiger partial charge in [-0.3, -0.25) is 4.79 Å². The Kier molecular flexibility index (Phi) is 4.79. The van der Waals surface area contributed by atoms with Crippen LogP contribution in [-0.4, -0.2) is 23.9 Å². The van der Waals surface area contributed by atoms with Crippen LogP contribution in [0, 0.1) is 23.2 Å². The smallest absolute Gasteiger partial charge is 0.253 e. The molecule has 1 atom stereocenters. The number of carbonyl (C=O) groups excluding carboxylic acids is 1. The van der Waals surface area contributed by atoms with Crippen LogP contribution in [0.1, 0.15) is 49.0 Å². The number of hydrogen-bond donors (Lipinski definition) is 0. The highest BCUT2D eigenvalue weighted by molar-refractivity contribution is 5.94. The molecule has 0 bridgehead atoms. The van der Waals surface area contributed by atoms with Crippen LogP contribution in [0.2, 0.25) is 0 Å². The molecule has 1 saturated heterocycles. The average Bonchev–Trinajstić information content (AvgIpc) is 2.72. The molecule has 0 aromatic heterocycles. The van der Waals surface area contributed by atoms with Gasteiger partial charge in [-0.2, -0.15) is 5.26 Å². The maximum absolute atomic E-state index is 12.5. The number of hydrogen-bond acceptors (Lipinski definition) is 2. The molecule has 0 N–H and O–H groups in total. The highest BCUT2D eigenvalue weighted by Gasteiger charge is 2.23. The molecule has 1 aliphatic rings. The molecule has 0 spiro atoms. The average molecular weight is 270 g/mol. The van der Waals surface area contributed by atoms with E-state index < -0.39 is 0 Å². The van der Waals surface area contributed by atoms with Gasteiger partial charge in [-0.25, -0.2) is 0 Å². The first kappa shape index (κ1) is 14.6. The van der Waals surface area contributed by atoms with Gasteiger partial charge in [0.05, 0.1) is 11.6 Å². The van der Waals surface area contributed by atoms with Crippen LogP contribution in [0.15, 0.2) is 24.3 Å². The largest absolute Gasteiger partial charge is 0.339 e. The lowest BCUT2D eigenvalue weighted by atomic mass is 9.89. The predicted molar refractivity (Wildman–Crippen MR) is 79.2 cm³/mol. The molecule has 0 saturated carbocycles. The first-order chi connectivity index (χ1) is 9.61. The van der Waals surface area contributed by atoms with Gasteiger partial charge in [0.1, 0.15) is 0 Å². The quantitative estimate of drug-likeness (QED) is 0.826. The zero-order chi connectivity index (χ0) is 14.5. The summed E-state index contributed by atoms with van der Waals surface area (Å²) >= 11 is 0. The van der Waals surface area contributed by atoms with Crippen molar-refractivity contribution in [3.8, 4) is 6.07 Å². The Morgan fingerprint density at radius 3 is 2.85 bits per heavy atom. The van der Waals surface area contributed by atoms with Crippen molar-refractivity contribution < 1.29 is 4.79 Å². The van der Waals surface area contributed by atoms with Crippen LogP contribution in [-0.2, 0) is 0 Å². The number of nitrogens with zero attached hydrogens (tertiary/aromatic N) is 2. The monoisotopic (exact) mass is 270 g/mol. The molecule has 1 aromatic carbocycles. The van der Waals surface area contributed by atoms with Gasteiger partial charge in [0.2, 0.25) is 0 Å². The van der Waals surface area contributed by atoms with Crippen molar-refractivity contribution in [3.05, 3.63) is 35.4 Å². The summed E-state index contributed by atoms with van der Waals surface area (Å²) in [4.78, 5) is 14.5. The fraction of sp³-hybridized carbons (Fsp3) is 0.529. The van der Waals surface area contributed by atoms with E-state index in [1.165, 1.54) is 6.42 Å². The lowest BCUT2D eigenvalue weighted by Gasteiger charge is -2.21. The van der Waals surface area contributed by atoms with E-state index in [4.69, 9.17) is 5.26 Å². The summed E-state index contributed by atoms with van der Waals surface area (Å²) in [5.74, 6) is 1.47. The van der Waals surface area contributed by atoms with Crippen molar-refractivity contribution in [1.82, 2.24) is 4.90 Å². The molecule has 1 unspecified atom stereocenters. The van der Waals surface area contributed by atoms with Gasteiger partial charge in [-0.15, -0.1) is 0 Å². The third-order valence-corrected chi connectivity index (χ3v) is 4.24. The molecular weight excluding hydrogens is 248 g/mol. The number of carbonyl (C=O) groups is 1. The van der Waals surface area contributed by atoms with Gasteiger partial charge < -0.3 is 4.90 Å². The van der Waals surface area contributed by atoms with E-state index in [0.717, 1.165) is 31.8 Å². The van der Waals surface area contributed by atoms with Crippen LogP contribution in [0.25, 0.3) is 0 Å². The maximum Gasteiger partial charge on any atom is 0.253 e. The molecule has 0 radical (unpaired) electrons. The molecule has 106 valence electrons. The molecular formula is C17H22N2O. The zero-order valence-corrected chi connectivity index (χ0v) is 12.3.